The Hall–Kier alpha value is 0.635. The van der Waals surface area contributed by atoms with E-state index in [-0.39, 0.29) is 27.4 Å². The fraction of sp³-hybridized carbons (Fsp3) is 1.00. The molecule has 0 atom stereocenters. The molecule has 0 radical (unpaired) electrons. The molecule has 0 spiro atoms. The molecule has 4 nitrogen and oxygen atoms in total. The Balaban J connectivity index is 5.08. The van der Waals surface area contributed by atoms with E-state index in [1.165, 1.54) is 0 Å². The Labute approximate surface area is 185 Å². The molecule has 0 aromatic rings. The summed E-state index contributed by atoms with van der Waals surface area (Å²) in [5.74, 6) is 0. The standard InChI is InChI=1S/C21H48BIN4/c1-17(2,11-14-24)21(9,10)27(23)16-12-18(3,4)20(7,8)26(22)15-13-19(5,6)25/h11-16,22,24-25H2,1-10H3. The van der Waals surface area contributed by atoms with Crippen molar-refractivity contribution in [2.45, 2.75) is 105 Å². The lowest BCUT2D eigenvalue weighted by molar-refractivity contribution is 0.0406. The molecular weight excluding hydrogens is 446 g/mol. The molecule has 0 bridgehead atoms. The molecule has 0 unspecified atom stereocenters. The second kappa shape index (κ2) is 9.63. The van der Waals surface area contributed by atoms with Crippen molar-refractivity contribution < 1.29 is 0 Å². The van der Waals surface area contributed by atoms with Crippen molar-refractivity contribution in [2.75, 3.05) is 19.6 Å². The van der Waals surface area contributed by atoms with E-state index < -0.39 is 0 Å². The lowest BCUT2D eigenvalue weighted by Crippen LogP contribution is -2.56. The van der Waals surface area contributed by atoms with Gasteiger partial charge in [-0.3, -0.25) is 0 Å². The predicted octanol–water partition coefficient (Wildman–Crippen LogP) is 3.96. The van der Waals surface area contributed by atoms with Gasteiger partial charge >= 0.3 is 0 Å². The average molecular weight is 494 g/mol. The number of nitrogens with two attached hydrogens (primary N) is 2. The van der Waals surface area contributed by atoms with Crippen molar-refractivity contribution in [1.29, 1.82) is 0 Å². The zero-order chi connectivity index (χ0) is 21.9. The van der Waals surface area contributed by atoms with Crippen LogP contribution in [0.3, 0.4) is 0 Å². The molecule has 0 aliphatic rings. The minimum absolute atomic E-state index is 0.0859. The monoisotopic (exact) mass is 494 g/mol. The van der Waals surface area contributed by atoms with Crippen LogP contribution in [0.25, 0.3) is 0 Å². The molecule has 4 N–H and O–H groups in total. The smallest absolute Gasteiger partial charge is 0.186 e. The molecule has 0 aromatic heterocycles. The Morgan fingerprint density at radius 1 is 0.741 bits per heavy atom. The van der Waals surface area contributed by atoms with Gasteiger partial charge in [0.15, 0.2) is 7.98 Å². The predicted molar refractivity (Wildman–Crippen MR) is 133 cm³/mol. The number of nitrogens with zero attached hydrogens (tertiary/aromatic N) is 2. The fourth-order valence-corrected chi connectivity index (χ4v) is 4.10. The van der Waals surface area contributed by atoms with Gasteiger partial charge in [-0.25, -0.2) is 3.11 Å². The van der Waals surface area contributed by atoms with Gasteiger partial charge < -0.3 is 16.3 Å². The van der Waals surface area contributed by atoms with Crippen LogP contribution >= 0.6 is 22.9 Å². The van der Waals surface area contributed by atoms with Gasteiger partial charge in [-0.2, -0.15) is 0 Å². The van der Waals surface area contributed by atoms with Gasteiger partial charge in [0.2, 0.25) is 0 Å². The summed E-state index contributed by atoms with van der Waals surface area (Å²) in [6.45, 7) is 26.0. The van der Waals surface area contributed by atoms with Gasteiger partial charge in [0.25, 0.3) is 0 Å². The van der Waals surface area contributed by atoms with Crippen molar-refractivity contribution >= 4 is 30.8 Å². The summed E-state index contributed by atoms with van der Waals surface area (Å²) in [6.07, 6.45) is 3.18. The first kappa shape index (κ1) is 27.6. The lowest BCUT2D eigenvalue weighted by Gasteiger charge is -2.51. The van der Waals surface area contributed by atoms with Gasteiger partial charge in [0.05, 0.1) is 0 Å². The second-order valence-corrected chi connectivity index (χ2v) is 12.6. The van der Waals surface area contributed by atoms with E-state index in [4.69, 9.17) is 11.5 Å². The number of rotatable bonds is 12. The van der Waals surface area contributed by atoms with Crippen LogP contribution in [0.15, 0.2) is 0 Å². The summed E-state index contributed by atoms with van der Waals surface area (Å²) in [5, 5.41) is 0. The van der Waals surface area contributed by atoms with E-state index >= 15 is 0 Å². The van der Waals surface area contributed by atoms with E-state index in [1.54, 1.807) is 0 Å². The Morgan fingerprint density at radius 2 is 1.19 bits per heavy atom. The normalized spacial score (nSPS) is 15.1. The molecule has 6 heteroatoms. The minimum atomic E-state index is -0.119. The van der Waals surface area contributed by atoms with Crippen LogP contribution in [-0.4, -0.2) is 52.2 Å². The van der Waals surface area contributed by atoms with Gasteiger partial charge in [-0.05, 0) is 84.7 Å². The minimum Gasteiger partial charge on any atom is -0.344 e. The fourth-order valence-electron chi connectivity index (χ4n) is 3.21. The van der Waals surface area contributed by atoms with E-state index in [0.717, 1.165) is 38.9 Å². The number of halogens is 1. The molecule has 0 aliphatic heterocycles. The maximum atomic E-state index is 6.20. The summed E-state index contributed by atoms with van der Waals surface area (Å²) < 4.78 is 2.50. The average Bonchev–Trinajstić information content (AvgIpc) is 2.48. The van der Waals surface area contributed by atoms with Crippen LogP contribution in [0.5, 0.6) is 0 Å². The topological polar surface area (TPSA) is 58.5 Å². The molecule has 0 saturated heterocycles. The van der Waals surface area contributed by atoms with Crippen molar-refractivity contribution in [3.05, 3.63) is 0 Å². The third-order valence-corrected chi connectivity index (χ3v) is 9.36. The molecule has 0 heterocycles. The van der Waals surface area contributed by atoms with Crippen LogP contribution in [0, 0.1) is 10.8 Å². The summed E-state index contributed by atoms with van der Waals surface area (Å²) in [7, 11) is 2.24. The number of hydrogen-bond acceptors (Lipinski definition) is 4. The maximum absolute atomic E-state index is 6.20. The molecule has 162 valence electrons. The van der Waals surface area contributed by atoms with Crippen LogP contribution in [0.2, 0.25) is 0 Å². The third kappa shape index (κ3) is 7.43. The first-order chi connectivity index (χ1) is 11.8. The van der Waals surface area contributed by atoms with Gasteiger partial charge in [0, 0.05) is 46.0 Å². The molecule has 27 heavy (non-hydrogen) atoms. The summed E-state index contributed by atoms with van der Waals surface area (Å²) in [4.78, 5) is 2.49. The SMILES string of the molecule is BN(CCC(C)(C)N)C(C)(C)C(C)(C)CCN(I)C(C)(C)C(C)(C)CCN. The molecule has 0 saturated carbocycles. The highest BCUT2D eigenvalue weighted by Gasteiger charge is 2.43. The summed E-state index contributed by atoms with van der Waals surface area (Å²) >= 11 is 2.52. The highest BCUT2D eigenvalue weighted by atomic mass is 127. The van der Waals surface area contributed by atoms with Crippen LogP contribution in [0.4, 0.5) is 0 Å². The highest BCUT2D eigenvalue weighted by molar-refractivity contribution is 14.1. The molecular formula is C21H48BIN4. The van der Waals surface area contributed by atoms with E-state index in [2.05, 4.69) is 108 Å². The van der Waals surface area contributed by atoms with Crippen LogP contribution < -0.4 is 11.5 Å². The van der Waals surface area contributed by atoms with Gasteiger partial charge in [-0.1, -0.05) is 27.7 Å². The maximum Gasteiger partial charge on any atom is 0.186 e. The molecule has 0 fully saturated rings. The van der Waals surface area contributed by atoms with Gasteiger partial charge in [0.1, 0.15) is 0 Å². The largest absolute Gasteiger partial charge is 0.344 e. The quantitative estimate of drug-likeness (QED) is 0.245. The molecule has 0 aromatic carbocycles. The van der Waals surface area contributed by atoms with Crippen LogP contribution in [-0.2, 0) is 0 Å². The number of hydrogen-bond donors (Lipinski definition) is 2. The van der Waals surface area contributed by atoms with Crippen LogP contribution in [0.1, 0.15) is 88.5 Å². The van der Waals surface area contributed by atoms with Crippen molar-refractivity contribution in [3.8, 4) is 0 Å². The zero-order valence-corrected chi connectivity index (χ0v) is 22.3. The van der Waals surface area contributed by atoms with E-state index in [9.17, 15) is 0 Å². The summed E-state index contributed by atoms with van der Waals surface area (Å²) in [6, 6.07) is 0. The lowest BCUT2D eigenvalue weighted by atomic mass is 9.69. The van der Waals surface area contributed by atoms with Crippen molar-refractivity contribution in [2.24, 2.45) is 22.3 Å². The first-order valence-electron chi connectivity index (χ1n) is 10.5. The van der Waals surface area contributed by atoms with Gasteiger partial charge in [-0.15, -0.1) is 0 Å². The van der Waals surface area contributed by atoms with E-state index in [0.29, 0.717) is 0 Å². The Morgan fingerprint density at radius 3 is 1.59 bits per heavy atom. The molecule has 0 amide bonds. The molecule has 0 aliphatic carbocycles. The highest BCUT2D eigenvalue weighted by Crippen LogP contribution is 2.43. The van der Waals surface area contributed by atoms with E-state index in [1.807, 2.05) is 0 Å². The van der Waals surface area contributed by atoms with Crippen molar-refractivity contribution in [1.82, 2.24) is 7.92 Å². The molecule has 0 rings (SSSR count). The summed E-state index contributed by atoms with van der Waals surface area (Å²) in [5.41, 5.74) is 12.5. The third-order valence-electron chi connectivity index (χ3n) is 7.67. The Bertz CT molecular complexity index is 456. The second-order valence-electron chi connectivity index (χ2n) is 11.4. The first-order valence-corrected chi connectivity index (χ1v) is 11.4. The van der Waals surface area contributed by atoms with Crippen molar-refractivity contribution in [3.63, 3.8) is 0 Å². The zero-order valence-electron chi connectivity index (χ0n) is 20.2. The Kier molecular flexibility index (Phi) is 9.86.